The van der Waals surface area contributed by atoms with E-state index in [0.29, 0.717) is 6.42 Å². The van der Waals surface area contributed by atoms with Crippen molar-refractivity contribution in [2.45, 2.75) is 33.2 Å². The van der Waals surface area contributed by atoms with Crippen LogP contribution in [0.5, 0.6) is 0 Å². The third kappa shape index (κ3) is 1.31. The van der Waals surface area contributed by atoms with Crippen molar-refractivity contribution in [1.29, 1.82) is 0 Å². The van der Waals surface area contributed by atoms with E-state index in [1.54, 1.807) is 0 Å². The molecule has 0 aliphatic carbocycles. The Morgan fingerprint density at radius 2 is 2.07 bits per heavy atom. The SMILES string of the molecule is Cc1ccc2c(c1C)C(=O)CC(C)N2. The van der Waals surface area contributed by atoms with Gasteiger partial charge in [-0.05, 0) is 38.0 Å². The average Bonchev–Trinajstić information content (AvgIpc) is 2.10. The molecule has 0 aromatic heterocycles. The van der Waals surface area contributed by atoms with Gasteiger partial charge in [-0.25, -0.2) is 0 Å². The van der Waals surface area contributed by atoms with Crippen molar-refractivity contribution < 1.29 is 4.79 Å². The standard InChI is InChI=1S/C12H15NO/c1-7-4-5-10-12(9(7)3)11(14)6-8(2)13-10/h4-5,8,13H,6H2,1-3H3. The van der Waals surface area contributed by atoms with Gasteiger partial charge in [-0.2, -0.15) is 0 Å². The van der Waals surface area contributed by atoms with Crippen LogP contribution >= 0.6 is 0 Å². The first-order valence-corrected chi connectivity index (χ1v) is 4.99. The van der Waals surface area contributed by atoms with E-state index in [0.717, 1.165) is 16.8 Å². The minimum absolute atomic E-state index is 0.261. The predicted molar refractivity (Wildman–Crippen MR) is 57.9 cm³/mol. The quantitative estimate of drug-likeness (QED) is 0.679. The molecule has 0 saturated heterocycles. The molecule has 74 valence electrons. The monoisotopic (exact) mass is 189 g/mol. The first kappa shape index (κ1) is 9.25. The molecule has 1 atom stereocenters. The summed E-state index contributed by atoms with van der Waals surface area (Å²) >= 11 is 0. The molecule has 2 heteroatoms. The van der Waals surface area contributed by atoms with Crippen molar-refractivity contribution in [3.63, 3.8) is 0 Å². The van der Waals surface area contributed by atoms with Crippen LogP contribution in [0.3, 0.4) is 0 Å². The summed E-state index contributed by atoms with van der Waals surface area (Å²) in [5.74, 6) is 0.271. The molecule has 1 heterocycles. The lowest BCUT2D eigenvalue weighted by molar-refractivity contribution is 0.0974. The number of hydrogen-bond donors (Lipinski definition) is 1. The van der Waals surface area contributed by atoms with Gasteiger partial charge in [-0.15, -0.1) is 0 Å². The third-order valence-electron chi connectivity index (χ3n) is 2.91. The Labute approximate surface area is 84.3 Å². The second kappa shape index (κ2) is 3.12. The van der Waals surface area contributed by atoms with Gasteiger partial charge in [0, 0.05) is 23.7 Å². The summed E-state index contributed by atoms with van der Waals surface area (Å²) in [4.78, 5) is 11.8. The van der Waals surface area contributed by atoms with Gasteiger partial charge in [0.05, 0.1) is 0 Å². The maximum Gasteiger partial charge on any atom is 0.167 e. The van der Waals surface area contributed by atoms with E-state index in [-0.39, 0.29) is 11.8 Å². The topological polar surface area (TPSA) is 29.1 Å². The van der Waals surface area contributed by atoms with Crippen LogP contribution in [-0.2, 0) is 0 Å². The van der Waals surface area contributed by atoms with Crippen molar-refractivity contribution in [3.05, 3.63) is 28.8 Å². The molecule has 2 rings (SSSR count). The number of Topliss-reactive ketones (excluding diaryl/α,β-unsaturated/α-hetero) is 1. The van der Waals surface area contributed by atoms with E-state index in [2.05, 4.69) is 11.4 Å². The highest BCUT2D eigenvalue weighted by Gasteiger charge is 2.23. The molecule has 1 aliphatic rings. The fraction of sp³-hybridized carbons (Fsp3) is 0.417. The maximum atomic E-state index is 11.8. The number of carbonyl (C=O) groups excluding carboxylic acids is 1. The summed E-state index contributed by atoms with van der Waals surface area (Å²) < 4.78 is 0. The molecular formula is C12H15NO. The summed E-state index contributed by atoms with van der Waals surface area (Å²) in [6, 6.07) is 4.33. The van der Waals surface area contributed by atoms with Gasteiger partial charge in [0.25, 0.3) is 0 Å². The largest absolute Gasteiger partial charge is 0.382 e. The van der Waals surface area contributed by atoms with Gasteiger partial charge in [-0.1, -0.05) is 6.07 Å². The van der Waals surface area contributed by atoms with Crippen molar-refractivity contribution in [2.75, 3.05) is 5.32 Å². The molecule has 1 aromatic carbocycles. The second-order valence-electron chi connectivity index (χ2n) is 4.10. The maximum absolute atomic E-state index is 11.8. The summed E-state index contributed by atoms with van der Waals surface area (Å²) in [6.07, 6.45) is 0.608. The normalized spacial score (nSPS) is 20.2. The molecule has 0 bridgehead atoms. The van der Waals surface area contributed by atoms with Crippen LogP contribution in [0.1, 0.15) is 34.8 Å². The van der Waals surface area contributed by atoms with Crippen LogP contribution in [0, 0.1) is 13.8 Å². The summed E-state index contributed by atoms with van der Waals surface area (Å²) in [5.41, 5.74) is 4.19. The Bertz CT molecular complexity index is 396. The van der Waals surface area contributed by atoms with Crippen LogP contribution in [0.2, 0.25) is 0 Å². The molecule has 1 aliphatic heterocycles. The second-order valence-corrected chi connectivity index (χ2v) is 4.10. The van der Waals surface area contributed by atoms with E-state index < -0.39 is 0 Å². The molecule has 0 radical (unpaired) electrons. The molecule has 0 amide bonds. The Balaban J connectivity index is 2.60. The van der Waals surface area contributed by atoms with Crippen molar-refractivity contribution in [3.8, 4) is 0 Å². The lowest BCUT2D eigenvalue weighted by atomic mass is 9.91. The smallest absolute Gasteiger partial charge is 0.167 e. The number of anilines is 1. The predicted octanol–water partition coefficient (Wildman–Crippen LogP) is 2.69. The molecule has 2 nitrogen and oxygen atoms in total. The van der Waals surface area contributed by atoms with E-state index in [1.165, 1.54) is 5.56 Å². The van der Waals surface area contributed by atoms with Crippen LogP contribution < -0.4 is 5.32 Å². The van der Waals surface area contributed by atoms with Crippen molar-refractivity contribution >= 4 is 11.5 Å². The number of ketones is 1. The zero-order valence-corrected chi connectivity index (χ0v) is 8.85. The van der Waals surface area contributed by atoms with Gasteiger partial charge >= 0.3 is 0 Å². The first-order chi connectivity index (χ1) is 6.59. The lowest BCUT2D eigenvalue weighted by Gasteiger charge is -2.25. The number of benzene rings is 1. The van der Waals surface area contributed by atoms with Crippen LogP contribution in [0.4, 0.5) is 5.69 Å². The first-order valence-electron chi connectivity index (χ1n) is 4.99. The van der Waals surface area contributed by atoms with Crippen LogP contribution in [-0.4, -0.2) is 11.8 Å². The summed E-state index contributed by atoms with van der Waals surface area (Å²) in [6.45, 7) is 6.10. The summed E-state index contributed by atoms with van der Waals surface area (Å²) in [5, 5.41) is 3.34. The zero-order valence-electron chi connectivity index (χ0n) is 8.85. The molecule has 1 N–H and O–H groups in total. The minimum atomic E-state index is 0.261. The van der Waals surface area contributed by atoms with Crippen LogP contribution in [0.25, 0.3) is 0 Å². The Hall–Kier alpha value is -1.31. The van der Waals surface area contributed by atoms with E-state index in [4.69, 9.17) is 0 Å². The summed E-state index contributed by atoms with van der Waals surface area (Å²) in [7, 11) is 0. The lowest BCUT2D eigenvalue weighted by Crippen LogP contribution is -2.27. The third-order valence-corrected chi connectivity index (χ3v) is 2.91. The highest BCUT2D eigenvalue weighted by molar-refractivity contribution is 6.05. The van der Waals surface area contributed by atoms with Gasteiger partial charge in [0.15, 0.2) is 5.78 Å². The Morgan fingerprint density at radius 1 is 1.36 bits per heavy atom. The van der Waals surface area contributed by atoms with Gasteiger partial charge in [-0.3, -0.25) is 4.79 Å². The van der Waals surface area contributed by atoms with Gasteiger partial charge in [0.2, 0.25) is 0 Å². The molecular weight excluding hydrogens is 174 g/mol. The molecule has 0 saturated carbocycles. The molecule has 0 spiro atoms. The Kier molecular flexibility index (Phi) is 2.06. The van der Waals surface area contributed by atoms with Crippen LogP contribution in [0.15, 0.2) is 12.1 Å². The van der Waals surface area contributed by atoms with Gasteiger partial charge < -0.3 is 5.32 Å². The minimum Gasteiger partial charge on any atom is -0.382 e. The zero-order chi connectivity index (χ0) is 10.3. The number of nitrogens with one attached hydrogen (secondary N) is 1. The average molecular weight is 189 g/mol. The number of carbonyl (C=O) groups is 1. The number of fused-ring (bicyclic) bond motifs is 1. The fourth-order valence-electron chi connectivity index (χ4n) is 1.99. The number of aryl methyl sites for hydroxylation is 1. The number of hydrogen-bond acceptors (Lipinski definition) is 2. The van der Waals surface area contributed by atoms with E-state index >= 15 is 0 Å². The highest BCUT2D eigenvalue weighted by Crippen LogP contribution is 2.29. The highest BCUT2D eigenvalue weighted by atomic mass is 16.1. The molecule has 1 unspecified atom stereocenters. The van der Waals surface area contributed by atoms with E-state index in [9.17, 15) is 4.79 Å². The molecule has 0 fully saturated rings. The van der Waals surface area contributed by atoms with E-state index in [1.807, 2.05) is 26.8 Å². The fourth-order valence-corrected chi connectivity index (χ4v) is 1.99. The molecule has 1 aromatic rings. The van der Waals surface area contributed by atoms with Crippen molar-refractivity contribution in [2.24, 2.45) is 0 Å². The Morgan fingerprint density at radius 3 is 2.79 bits per heavy atom. The molecule has 14 heavy (non-hydrogen) atoms. The number of rotatable bonds is 0. The van der Waals surface area contributed by atoms with Crippen molar-refractivity contribution in [1.82, 2.24) is 0 Å². The van der Waals surface area contributed by atoms with Gasteiger partial charge in [0.1, 0.15) is 0 Å².